The van der Waals surface area contributed by atoms with Crippen LogP contribution in [0.2, 0.25) is 0 Å². The van der Waals surface area contributed by atoms with Crippen molar-refractivity contribution in [3.63, 3.8) is 0 Å². The third-order valence-corrected chi connectivity index (χ3v) is 2.64. The number of nitrogens with one attached hydrogen (secondary N) is 1. The van der Waals surface area contributed by atoms with Gasteiger partial charge in [-0.3, -0.25) is 9.59 Å². The zero-order chi connectivity index (χ0) is 15.2. The first-order valence-electron chi connectivity index (χ1n) is 6.09. The molecule has 0 aromatic carbocycles. The standard InChI is InChI=1S/C13H22N2O4/c1-8(2)6-14-11(16)7-15(5)12(17)9(3)10(4)13(18)19/h8H,6-7H2,1-5H3,(H,14,16)(H,18,19). The average Bonchev–Trinajstić information content (AvgIpc) is 2.33. The molecule has 0 aliphatic carbocycles. The molecule has 0 radical (unpaired) electrons. The summed E-state index contributed by atoms with van der Waals surface area (Å²) < 4.78 is 0. The van der Waals surface area contributed by atoms with Crippen LogP contribution in [-0.4, -0.2) is 47.9 Å². The van der Waals surface area contributed by atoms with Gasteiger partial charge >= 0.3 is 5.97 Å². The Bertz CT molecular complexity index is 399. The minimum absolute atomic E-state index is 0.0144. The molecular formula is C13H22N2O4. The van der Waals surface area contributed by atoms with E-state index in [9.17, 15) is 14.4 Å². The van der Waals surface area contributed by atoms with Crippen LogP contribution in [0.25, 0.3) is 0 Å². The van der Waals surface area contributed by atoms with Crippen LogP contribution in [0, 0.1) is 5.92 Å². The molecule has 0 heterocycles. The molecule has 0 aliphatic heterocycles. The Morgan fingerprint density at radius 1 is 1.16 bits per heavy atom. The second kappa shape index (κ2) is 7.56. The molecular weight excluding hydrogens is 248 g/mol. The van der Waals surface area contributed by atoms with Gasteiger partial charge in [0.15, 0.2) is 0 Å². The molecule has 0 saturated carbocycles. The number of carbonyl (C=O) groups excluding carboxylic acids is 2. The summed E-state index contributed by atoms with van der Waals surface area (Å²) >= 11 is 0. The monoisotopic (exact) mass is 270 g/mol. The van der Waals surface area contributed by atoms with Crippen molar-refractivity contribution in [2.75, 3.05) is 20.1 Å². The maximum absolute atomic E-state index is 11.9. The van der Waals surface area contributed by atoms with Gasteiger partial charge in [-0.05, 0) is 19.8 Å². The Kier molecular flexibility index (Phi) is 6.82. The summed E-state index contributed by atoms with van der Waals surface area (Å²) in [5.74, 6) is -1.52. The molecule has 0 saturated heterocycles. The Hall–Kier alpha value is -1.85. The van der Waals surface area contributed by atoms with E-state index >= 15 is 0 Å². The van der Waals surface area contributed by atoms with Gasteiger partial charge in [-0.15, -0.1) is 0 Å². The summed E-state index contributed by atoms with van der Waals surface area (Å²) in [6.45, 7) is 7.20. The second-order valence-electron chi connectivity index (χ2n) is 4.91. The van der Waals surface area contributed by atoms with E-state index < -0.39 is 11.9 Å². The number of hydrogen-bond donors (Lipinski definition) is 2. The second-order valence-corrected chi connectivity index (χ2v) is 4.91. The highest BCUT2D eigenvalue weighted by molar-refractivity contribution is 6.02. The number of rotatable bonds is 6. The third-order valence-electron chi connectivity index (χ3n) is 2.64. The van der Waals surface area contributed by atoms with Gasteiger partial charge in [-0.1, -0.05) is 13.8 Å². The van der Waals surface area contributed by atoms with Crippen LogP contribution in [-0.2, 0) is 14.4 Å². The molecule has 0 fully saturated rings. The van der Waals surface area contributed by atoms with Crippen LogP contribution in [0.1, 0.15) is 27.7 Å². The van der Waals surface area contributed by atoms with E-state index in [1.165, 1.54) is 25.8 Å². The smallest absolute Gasteiger partial charge is 0.331 e. The molecule has 0 aromatic heterocycles. The highest BCUT2D eigenvalue weighted by Gasteiger charge is 2.18. The minimum atomic E-state index is -1.14. The number of carboxylic acids is 1. The lowest BCUT2D eigenvalue weighted by Gasteiger charge is -2.18. The number of nitrogens with zero attached hydrogens (tertiary/aromatic N) is 1. The van der Waals surface area contributed by atoms with Gasteiger partial charge in [0.05, 0.1) is 6.54 Å². The van der Waals surface area contributed by atoms with Crippen LogP contribution in [0.4, 0.5) is 0 Å². The van der Waals surface area contributed by atoms with Crippen LogP contribution in [0.5, 0.6) is 0 Å². The Labute approximate surface area is 113 Å². The number of carbonyl (C=O) groups is 3. The van der Waals surface area contributed by atoms with Gasteiger partial charge in [0.1, 0.15) is 0 Å². The van der Waals surface area contributed by atoms with Gasteiger partial charge in [-0.2, -0.15) is 0 Å². The quantitative estimate of drug-likeness (QED) is 0.693. The van der Waals surface area contributed by atoms with Crippen molar-refractivity contribution in [2.24, 2.45) is 5.92 Å². The average molecular weight is 270 g/mol. The van der Waals surface area contributed by atoms with E-state index in [0.29, 0.717) is 12.5 Å². The van der Waals surface area contributed by atoms with Crippen molar-refractivity contribution in [3.05, 3.63) is 11.1 Å². The molecule has 19 heavy (non-hydrogen) atoms. The maximum Gasteiger partial charge on any atom is 0.331 e. The Morgan fingerprint density at radius 2 is 1.68 bits per heavy atom. The van der Waals surface area contributed by atoms with E-state index in [1.54, 1.807) is 0 Å². The zero-order valence-corrected chi connectivity index (χ0v) is 12.1. The van der Waals surface area contributed by atoms with Crippen molar-refractivity contribution in [3.8, 4) is 0 Å². The molecule has 2 amide bonds. The molecule has 108 valence electrons. The van der Waals surface area contributed by atoms with Crippen LogP contribution in [0.15, 0.2) is 11.1 Å². The van der Waals surface area contributed by atoms with E-state index in [4.69, 9.17) is 5.11 Å². The van der Waals surface area contributed by atoms with Gasteiger partial charge in [-0.25, -0.2) is 4.79 Å². The Morgan fingerprint density at radius 3 is 2.11 bits per heavy atom. The van der Waals surface area contributed by atoms with E-state index in [0.717, 1.165) is 0 Å². The Balaban J connectivity index is 4.55. The minimum Gasteiger partial charge on any atom is -0.478 e. The van der Waals surface area contributed by atoms with Crippen molar-refractivity contribution >= 4 is 17.8 Å². The molecule has 6 nitrogen and oxygen atoms in total. The fourth-order valence-corrected chi connectivity index (χ4v) is 1.27. The highest BCUT2D eigenvalue weighted by atomic mass is 16.4. The number of aliphatic carboxylic acids is 1. The predicted molar refractivity (Wildman–Crippen MR) is 71.5 cm³/mol. The summed E-state index contributed by atoms with van der Waals surface area (Å²) in [4.78, 5) is 35.4. The molecule has 0 aromatic rings. The maximum atomic E-state index is 11.9. The van der Waals surface area contributed by atoms with Crippen molar-refractivity contribution in [1.29, 1.82) is 0 Å². The van der Waals surface area contributed by atoms with E-state index in [2.05, 4.69) is 5.32 Å². The number of carboxylic acid groups (broad SMARTS) is 1. The van der Waals surface area contributed by atoms with Crippen LogP contribution in [0.3, 0.4) is 0 Å². The van der Waals surface area contributed by atoms with Gasteiger partial charge in [0, 0.05) is 24.7 Å². The summed E-state index contributed by atoms with van der Waals surface area (Å²) in [5, 5.41) is 11.5. The number of likely N-dealkylation sites (N-methyl/N-ethyl adjacent to an activating group) is 1. The summed E-state index contributed by atoms with van der Waals surface area (Å²) in [7, 11) is 1.47. The van der Waals surface area contributed by atoms with Gasteiger partial charge < -0.3 is 15.3 Å². The fraction of sp³-hybridized carbons (Fsp3) is 0.615. The van der Waals surface area contributed by atoms with Crippen molar-refractivity contribution in [2.45, 2.75) is 27.7 Å². The zero-order valence-electron chi connectivity index (χ0n) is 12.1. The SMILES string of the molecule is CC(C(=O)O)=C(C)C(=O)N(C)CC(=O)NCC(C)C. The molecule has 0 rings (SSSR count). The largest absolute Gasteiger partial charge is 0.478 e. The van der Waals surface area contributed by atoms with Crippen molar-refractivity contribution in [1.82, 2.24) is 10.2 Å². The van der Waals surface area contributed by atoms with Gasteiger partial charge in [0.2, 0.25) is 11.8 Å². The summed E-state index contributed by atoms with van der Waals surface area (Å²) in [6, 6.07) is 0. The summed E-state index contributed by atoms with van der Waals surface area (Å²) in [5.41, 5.74) is 0.117. The summed E-state index contributed by atoms with van der Waals surface area (Å²) in [6.07, 6.45) is 0. The topological polar surface area (TPSA) is 86.7 Å². The molecule has 0 aliphatic rings. The molecule has 2 N–H and O–H groups in total. The normalized spacial score (nSPS) is 11.9. The highest BCUT2D eigenvalue weighted by Crippen LogP contribution is 2.06. The lowest BCUT2D eigenvalue weighted by molar-refractivity contribution is -0.134. The fourth-order valence-electron chi connectivity index (χ4n) is 1.27. The third kappa shape index (κ3) is 6.03. The number of hydrogen-bond acceptors (Lipinski definition) is 3. The predicted octanol–water partition coefficient (Wildman–Crippen LogP) is 0.638. The van der Waals surface area contributed by atoms with Crippen LogP contribution < -0.4 is 5.32 Å². The first kappa shape index (κ1) is 17.2. The molecule has 0 atom stereocenters. The van der Waals surface area contributed by atoms with Crippen molar-refractivity contribution < 1.29 is 19.5 Å². The molecule has 0 bridgehead atoms. The molecule has 6 heteroatoms. The van der Waals surface area contributed by atoms with E-state index in [-0.39, 0.29) is 23.6 Å². The molecule has 0 unspecified atom stereocenters. The first-order chi connectivity index (χ1) is 8.66. The first-order valence-corrected chi connectivity index (χ1v) is 6.09. The lowest BCUT2D eigenvalue weighted by Crippen LogP contribution is -2.40. The van der Waals surface area contributed by atoms with E-state index in [1.807, 2.05) is 13.8 Å². The van der Waals surface area contributed by atoms with Gasteiger partial charge in [0.25, 0.3) is 0 Å². The molecule has 0 spiro atoms. The number of amides is 2. The van der Waals surface area contributed by atoms with Crippen LogP contribution >= 0.6 is 0 Å². The lowest BCUT2D eigenvalue weighted by atomic mass is 10.1.